The van der Waals surface area contributed by atoms with Gasteiger partial charge in [-0.15, -0.1) is 0 Å². The number of thioether (sulfide) groups is 1. The maximum atomic E-state index is 12.2. The summed E-state index contributed by atoms with van der Waals surface area (Å²) in [5.41, 5.74) is 1.03. The average Bonchev–Trinajstić information content (AvgIpc) is 2.98. The third-order valence-corrected chi connectivity index (χ3v) is 4.80. The van der Waals surface area contributed by atoms with Crippen LogP contribution in [0.15, 0.2) is 36.5 Å². The van der Waals surface area contributed by atoms with Gasteiger partial charge in [-0.2, -0.15) is 16.9 Å². The van der Waals surface area contributed by atoms with Gasteiger partial charge in [0.25, 0.3) is 5.91 Å². The summed E-state index contributed by atoms with van der Waals surface area (Å²) in [7, 11) is 0. The van der Waals surface area contributed by atoms with E-state index >= 15 is 0 Å². The van der Waals surface area contributed by atoms with Crippen LogP contribution in [0.4, 0.5) is 0 Å². The SMILES string of the molecule is CSC(CO)C(C)NC(=O)c1ccn(-c2ccccc2Cl)n1. The number of benzene rings is 1. The molecule has 1 amide bonds. The Morgan fingerprint density at radius 1 is 1.45 bits per heavy atom. The Kier molecular flexibility index (Phi) is 5.88. The molecule has 22 heavy (non-hydrogen) atoms. The van der Waals surface area contributed by atoms with Gasteiger partial charge in [0, 0.05) is 17.5 Å². The minimum absolute atomic E-state index is 0.0106. The van der Waals surface area contributed by atoms with Gasteiger partial charge in [-0.05, 0) is 31.4 Å². The molecule has 5 nitrogen and oxygen atoms in total. The number of aliphatic hydroxyl groups excluding tert-OH is 1. The van der Waals surface area contributed by atoms with Crippen LogP contribution in [-0.2, 0) is 0 Å². The first kappa shape index (κ1) is 16.9. The highest BCUT2D eigenvalue weighted by Gasteiger charge is 2.19. The second kappa shape index (κ2) is 7.67. The van der Waals surface area contributed by atoms with Crippen molar-refractivity contribution in [3.63, 3.8) is 0 Å². The normalized spacial score (nSPS) is 13.6. The molecule has 1 aromatic carbocycles. The first-order valence-corrected chi connectivity index (χ1v) is 8.48. The topological polar surface area (TPSA) is 67.2 Å². The summed E-state index contributed by atoms with van der Waals surface area (Å²) in [5, 5.41) is 16.9. The number of amides is 1. The van der Waals surface area contributed by atoms with Crippen molar-refractivity contribution >= 4 is 29.3 Å². The van der Waals surface area contributed by atoms with E-state index in [9.17, 15) is 9.90 Å². The van der Waals surface area contributed by atoms with Crippen LogP contribution in [0.1, 0.15) is 17.4 Å². The van der Waals surface area contributed by atoms with E-state index in [1.165, 1.54) is 11.8 Å². The van der Waals surface area contributed by atoms with E-state index in [1.54, 1.807) is 23.0 Å². The second-order valence-corrected chi connectivity index (χ2v) is 6.30. The molecule has 2 N–H and O–H groups in total. The zero-order valence-electron chi connectivity index (χ0n) is 12.4. The van der Waals surface area contributed by atoms with Gasteiger partial charge < -0.3 is 10.4 Å². The van der Waals surface area contributed by atoms with Crippen LogP contribution in [-0.4, -0.2) is 44.9 Å². The van der Waals surface area contributed by atoms with Gasteiger partial charge in [0.15, 0.2) is 5.69 Å². The standard InChI is InChI=1S/C15H18ClN3O2S/c1-10(14(9-20)22-2)17-15(21)12-7-8-19(18-12)13-6-4-3-5-11(13)16/h3-8,10,14,20H,9H2,1-2H3,(H,17,21). The summed E-state index contributed by atoms with van der Waals surface area (Å²) in [4.78, 5) is 12.2. The second-order valence-electron chi connectivity index (χ2n) is 4.82. The number of carbonyl (C=O) groups excluding carboxylic acids is 1. The van der Waals surface area contributed by atoms with Crippen LogP contribution < -0.4 is 5.32 Å². The monoisotopic (exact) mass is 339 g/mol. The lowest BCUT2D eigenvalue weighted by Crippen LogP contribution is -2.41. The molecule has 0 aliphatic heterocycles. The van der Waals surface area contributed by atoms with Crippen LogP contribution in [0, 0.1) is 0 Å². The maximum absolute atomic E-state index is 12.2. The number of para-hydroxylation sites is 1. The fourth-order valence-electron chi connectivity index (χ4n) is 2.03. The molecule has 2 unspecified atom stereocenters. The summed E-state index contributed by atoms with van der Waals surface area (Å²) >= 11 is 7.63. The molecule has 0 saturated carbocycles. The van der Waals surface area contributed by atoms with Crippen molar-refractivity contribution in [1.82, 2.24) is 15.1 Å². The number of aromatic nitrogens is 2. The summed E-state index contributed by atoms with van der Waals surface area (Å²) in [6.45, 7) is 1.87. The largest absolute Gasteiger partial charge is 0.395 e. The predicted octanol–water partition coefficient (Wildman–Crippen LogP) is 2.37. The summed E-state index contributed by atoms with van der Waals surface area (Å²) < 4.78 is 1.57. The molecule has 0 spiro atoms. The number of aliphatic hydroxyl groups is 1. The maximum Gasteiger partial charge on any atom is 0.272 e. The third kappa shape index (κ3) is 3.82. The van der Waals surface area contributed by atoms with E-state index in [-0.39, 0.29) is 23.8 Å². The zero-order valence-corrected chi connectivity index (χ0v) is 13.9. The van der Waals surface area contributed by atoms with Gasteiger partial charge in [0.2, 0.25) is 0 Å². The van der Waals surface area contributed by atoms with E-state index in [0.717, 1.165) is 0 Å². The quantitative estimate of drug-likeness (QED) is 0.848. The molecule has 0 fully saturated rings. The van der Waals surface area contributed by atoms with E-state index in [0.29, 0.717) is 16.4 Å². The van der Waals surface area contributed by atoms with Crippen molar-refractivity contribution in [2.24, 2.45) is 0 Å². The van der Waals surface area contributed by atoms with Crippen LogP contribution in [0.3, 0.4) is 0 Å². The Balaban J connectivity index is 2.11. The molecule has 1 aromatic heterocycles. The molecule has 2 rings (SSSR count). The highest BCUT2D eigenvalue weighted by atomic mass is 35.5. The molecule has 0 saturated heterocycles. The molecule has 0 aliphatic carbocycles. The number of nitrogens with one attached hydrogen (secondary N) is 1. The lowest BCUT2D eigenvalue weighted by atomic mass is 10.2. The fourth-order valence-corrected chi connectivity index (χ4v) is 2.87. The van der Waals surface area contributed by atoms with Crippen LogP contribution >= 0.6 is 23.4 Å². The molecular formula is C15H18ClN3O2S. The molecular weight excluding hydrogens is 322 g/mol. The van der Waals surface area contributed by atoms with Gasteiger partial charge in [0.1, 0.15) is 0 Å². The van der Waals surface area contributed by atoms with Crippen molar-refractivity contribution in [2.75, 3.05) is 12.9 Å². The third-order valence-electron chi connectivity index (χ3n) is 3.32. The van der Waals surface area contributed by atoms with Crippen LogP contribution in [0.5, 0.6) is 0 Å². The number of carbonyl (C=O) groups is 1. The molecule has 1 heterocycles. The van der Waals surface area contributed by atoms with Gasteiger partial charge in [-0.25, -0.2) is 4.68 Å². The first-order valence-electron chi connectivity index (χ1n) is 6.82. The lowest BCUT2D eigenvalue weighted by Gasteiger charge is -2.20. The first-order chi connectivity index (χ1) is 10.6. The average molecular weight is 340 g/mol. The van der Waals surface area contributed by atoms with Crippen LogP contribution in [0.2, 0.25) is 5.02 Å². The van der Waals surface area contributed by atoms with Gasteiger partial charge in [-0.1, -0.05) is 23.7 Å². The van der Waals surface area contributed by atoms with Crippen molar-refractivity contribution in [1.29, 1.82) is 0 Å². The summed E-state index contributed by atoms with van der Waals surface area (Å²) in [6.07, 6.45) is 3.59. The molecule has 118 valence electrons. The van der Waals surface area contributed by atoms with Crippen molar-refractivity contribution < 1.29 is 9.90 Å². The Morgan fingerprint density at radius 2 is 2.18 bits per heavy atom. The number of rotatable bonds is 6. The van der Waals surface area contributed by atoms with E-state index in [4.69, 9.17) is 11.6 Å². The Hall–Kier alpha value is -1.50. The molecule has 2 atom stereocenters. The molecule has 0 aliphatic rings. The van der Waals surface area contributed by atoms with E-state index < -0.39 is 0 Å². The molecule has 0 bridgehead atoms. The Morgan fingerprint density at radius 3 is 2.82 bits per heavy atom. The van der Waals surface area contributed by atoms with Gasteiger partial charge in [-0.3, -0.25) is 4.79 Å². The number of hydrogen-bond donors (Lipinski definition) is 2. The Bertz CT molecular complexity index is 643. The predicted molar refractivity (Wildman–Crippen MR) is 89.9 cm³/mol. The van der Waals surface area contributed by atoms with Crippen LogP contribution in [0.25, 0.3) is 5.69 Å². The fraction of sp³-hybridized carbons (Fsp3) is 0.333. The molecule has 7 heteroatoms. The zero-order chi connectivity index (χ0) is 16.1. The smallest absolute Gasteiger partial charge is 0.272 e. The highest BCUT2D eigenvalue weighted by Crippen LogP contribution is 2.19. The van der Waals surface area contributed by atoms with Crippen molar-refractivity contribution in [3.8, 4) is 5.69 Å². The van der Waals surface area contributed by atoms with E-state index in [1.807, 2.05) is 31.4 Å². The number of hydrogen-bond acceptors (Lipinski definition) is 4. The van der Waals surface area contributed by atoms with E-state index in [2.05, 4.69) is 10.4 Å². The summed E-state index contributed by atoms with van der Waals surface area (Å²) in [6, 6.07) is 8.77. The number of halogens is 1. The van der Waals surface area contributed by atoms with Gasteiger partial charge >= 0.3 is 0 Å². The minimum atomic E-state index is -0.272. The minimum Gasteiger partial charge on any atom is -0.395 e. The molecule has 2 aromatic rings. The van der Waals surface area contributed by atoms with Crippen molar-refractivity contribution in [2.45, 2.75) is 18.2 Å². The number of nitrogens with zero attached hydrogens (tertiary/aromatic N) is 2. The van der Waals surface area contributed by atoms with Gasteiger partial charge in [0.05, 0.1) is 17.3 Å². The lowest BCUT2D eigenvalue weighted by molar-refractivity contribution is 0.0930. The highest BCUT2D eigenvalue weighted by molar-refractivity contribution is 7.99. The Labute approximate surface area is 138 Å². The molecule has 0 radical (unpaired) electrons. The van der Waals surface area contributed by atoms with Crippen molar-refractivity contribution in [3.05, 3.63) is 47.2 Å². The summed E-state index contributed by atoms with van der Waals surface area (Å²) in [5.74, 6) is -0.272.